The molecule has 0 radical (unpaired) electrons. The van der Waals surface area contributed by atoms with E-state index in [1.807, 2.05) is 24.3 Å². The Morgan fingerprint density at radius 1 is 1.21 bits per heavy atom. The third-order valence-electron chi connectivity index (χ3n) is 3.50. The van der Waals surface area contributed by atoms with Crippen LogP contribution in [0.25, 0.3) is 0 Å². The summed E-state index contributed by atoms with van der Waals surface area (Å²) < 4.78 is 5.15. The molecule has 0 amide bonds. The molecule has 2 unspecified atom stereocenters. The van der Waals surface area contributed by atoms with Crippen molar-refractivity contribution in [1.29, 1.82) is 0 Å². The number of benzene rings is 1. The maximum atomic E-state index is 5.51. The van der Waals surface area contributed by atoms with Gasteiger partial charge in [-0.1, -0.05) is 13.8 Å². The van der Waals surface area contributed by atoms with Gasteiger partial charge in [0.05, 0.1) is 7.11 Å². The summed E-state index contributed by atoms with van der Waals surface area (Å²) in [5.41, 5.74) is 1.01. The van der Waals surface area contributed by atoms with Crippen LogP contribution in [-0.2, 0) is 0 Å². The Labute approximate surface area is 120 Å². The lowest BCUT2D eigenvalue weighted by atomic mass is 9.92. The predicted molar refractivity (Wildman–Crippen MR) is 83.7 cm³/mol. The maximum Gasteiger partial charge on any atom is 0.173 e. The molecule has 0 aliphatic carbocycles. The number of ether oxygens (including phenoxy) is 1. The summed E-state index contributed by atoms with van der Waals surface area (Å²) in [6.07, 6.45) is 1.29. The van der Waals surface area contributed by atoms with Gasteiger partial charge in [0, 0.05) is 18.8 Å². The molecule has 0 aromatic heterocycles. The highest BCUT2D eigenvalue weighted by atomic mass is 32.1. The lowest BCUT2D eigenvalue weighted by Crippen LogP contribution is -2.44. The van der Waals surface area contributed by atoms with Crippen molar-refractivity contribution in [2.24, 2.45) is 11.8 Å². The van der Waals surface area contributed by atoms with E-state index in [1.165, 1.54) is 6.42 Å². The molecule has 1 aliphatic rings. The van der Waals surface area contributed by atoms with Gasteiger partial charge in [-0.2, -0.15) is 0 Å². The average molecular weight is 278 g/mol. The molecule has 19 heavy (non-hydrogen) atoms. The van der Waals surface area contributed by atoms with Gasteiger partial charge in [-0.15, -0.1) is 0 Å². The normalized spacial score (nSPS) is 23.0. The maximum absolute atomic E-state index is 5.51. The SMILES string of the molecule is COc1ccc(NC(=S)N2CC(C)CC(C)C2)cc1. The highest BCUT2D eigenvalue weighted by Crippen LogP contribution is 2.22. The van der Waals surface area contributed by atoms with E-state index in [0.717, 1.165) is 29.6 Å². The quantitative estimate of drug-likeness (QED) is 0.838. The second-order valence-electron chi connectivity index (χ2n) is 5.51. The smallest absolute Gasteiger partial charge is 0.173 e. The number of methoxy groups -OCH3 is 1. The van der Waals surface area contributed by atoms with E-state index in [1.54, 1.807) is 7.11 Å². The minimum Gasteiger partial charge on any atom is -0.497 e. The second kappa shape index (κ2) is 6.24. The number of hydrogen-bond donors (Lipinski definition) is 1. The van der Waals surface area contributed by atoms with E-state index in [0.29, 0.717) is 11.8 Å². The minimum absolute atomic E-state index is 0.708. The van der Waals surface area contributed by atoms with Gasteiger partial charge in [0.2, 0.25) is 0 Å². The zero-order valence-corrected chi connectivity index (χ0v) is 12.7. The number of anilines is 1. The Balaban J connectivity index is 1.96. The minimum atomic E-state index is 0.708. The molecule has 0 bridgehead atoms. The zero-order valence-electron chi connectivity index (χ0n) is 11.8. The summed E-state index contributed by atoms with van der Waals surface area (Å²) in [5.74, 6) is 2.27. The summed E-state index contributed by atoms with van der Waals surface area (Å²) in [7, 11) is 1.67. The zero-order chi connectivity index (χ0) is 13.8. The van der Waals surface area contributed by atoms with Gasteiger partial charge in [-0.05, 0) is 54.7 Å². The van der Waals surface area contributed by atoms with Crippen molar-refractivity contribution in [3.8, 4) is 5.75 Å². The lowest BCUT2D eigenvalue weighted by molar-refractivity contribution is 0.216. The molecule has 0 saturated carbocycles. The number of nitrogens with zero attached hydrogens (tertiary/aromatic N) is 1. The molecule has 104 valence electrons. The van der Waals surface area contributed by atoms with Crippen LogP contribution in [0, 0.1) is 11.8 Å². The Morgan fingerprint density at radius 3 is 2.32 bits per heavy atom. The van der Waals surface area contributed by atoms with Crippen LogP contribution in [0.1, 0.15) is 20.3 Å². The first-order valence-corrected chi connectivity index (χ1v) is 7.19. The van der Waals surface area contributed by atoms with Crippen molar-refractivity contribution < 1.29 is 4.74 Å². The first kappa shape index (κ1) is 14.1. The predicted octanol–water partition coefficient (Wildman–Crippen LogP) is 3.37. The molecule has 1 aliphatic heterocycles. The van der Waals surface area contributed by atoms with Crippen molar-refractivity contribution in [2.45, 2.75) is 20.3 Å². The van der Waals surface area contributed by atoms with Crippen molar-refractivity contribution in [3.05, 3.63) is 24.3 Å². The van der Waals surface area contributed by atoms with E-state index in [9.17, 15) is 0 Å². The van der Waals surface area contributed by atoms with E-state index in [-0.39, 0.29) is 0 Å². The summed E-state index contributed by atoms with van der Waals surface area (Å²) in [6.45, 7) is 6.68. The first-order chi connectivity index (χ1) is 9.08. The fourth-order valence-corrected chi connectivity index (χ4v) is 2.97. The third-order valence-corrected chi connectivity index (χ3v) is 3.86. The van der Waals surface area contributed by atoms with Crippen molar-refractivity contribution in [1.82, 2.24) is 4.90 Å². The third kappa shape index (κ3) is 3.83. The largest absolute Gasteiger partial charge is 0.497 e. The van der Waals surface area contributed by atoms with Crippen molar-refractivity contribution >= 4 is 23.0 Å². The second-order valence-corrected chi connectivity index (χ2v) is 5.90. The highest BCUT2D eigenvalue weighted by molar-refractivity contribution is 7.80. The Kier molecular flexibility index (Phi) is 4.64. The molecule has 1 heterocycles. The van der Waals surface area contributed by atoms with Gasteiger partial charge in [0.25, 0.3) is 0 Å². The molecule has 0 spiro atoms. The number of hydrogen-bond acceptors (Lipinski definition) is 2. The summed E-state index contributed by atoms with van der Waals surface area (Å²) >= 11 is 5.51. The number of rotatable bonds is 2. The Bertz CT molecular complexity index is 422. The molecule has 1 fully saturated rings. The van der Waals surface area contributed by atoms with Crippen LogP contribution in [-0.4, -0.2) is 30.2 Å². The van der Waals surface area contributed by atoms with E-state index >= 15 is 0 Å². The Hall–Kier alpha value is -1.29. The molecular formula is C15H22N2OS. The van der Waals surface area contributed by atoms with Crippen LogP contribution in [0.5, 0.6) is 5.75 Å². The monoisotopic (exact) mass is 278 g/mol. The van der Waals surface area contributed by atoms with E-state index in [2.05, 4.69) is 24.1 Å². The van der Waals surface area contributed by atoms with Gasteiger partial charge >= 0.3 is 0 Å². The number of piperidine rings is 1. The van der Waals surface area contributed by atoms with E-state index < -0.39 is 0 Å². The standard InChI is InChI=1S/C15H22N2OS/c1-11-8-12(2)10-17(9-11)15(19)16-13-4-6-14(18-3)7-5-13/h4-7,11-12H,8-10H2,1-3H3,(H,16,19). The van der Waals surface area contributed by atoms with Crippen LogP contribution in [0.3, 0.4) is 0 Å². The molecule has 1 N–H and O–H groups in total. The molecule has 1 saturated heterocycles. The molecular weight excluding hydrogens is 256 g/mol. The van der Waals surface area contributed by atoms with Gasteiger partial charge < -0.3 is 15.0 Å². The summed E-state index contributed by atoms with van der Waals surface area (Å²) in [5, 5.41) is 4.13. The number of likely N-dealkylation sites (tertiary alicyclic amines) is 1. The van der Waals surface area contributed by atoms with E-state index in [4.69, 9.17) is 17.0 Å². The first-order valence-electron chi connectivity index (χ1n) is 6.78. The van der Waals surface area contributed by atoms with Crippen LogP contribution >= 0.6 is 12.2 Å². The van der Waals surface area contributed by atoms with Crippen LogP contribution in [0.4, 0.5) is 5.69 Å². The molecule has 1 aromatic rings. The molecule has 4 heteroatoms. The summed E-state index contributed by atoms with van der Waals surface area (Å²) in [4.78, 5) is 2.28. The van der Waals surface area contributed by atoms with Gasteiger partial charge in [-0.25, -0.2) is 0 Å². The average Bonchev–Trinajstić information content (AvgIpc) is 2.38. The molecule has 3 nitrogen and oxygen atoms in total. The van der Waals surface area contributed by atoms with Crippen molar-refractivity contribution in [2.75, 3.05) is 25.5 Å². The molecule has 2 rings (SSSR count). The fraction of sp³-hybridized carbons (Fsp3) is 0.533. The fourth-order valence-electron chi connectivity index (χ4n) is 2.71. The Morgan fingerprint density at radius 2 is 1.79 bits per heavy atom. The van der Waals surface area contributed by atoms with Crippen LogP contribution in [0.2, 0.25) is 0 Å². The molecule has 1 aromatic carbocycles. The number of thiocarbonyl (C=S) groups is 1. The summed E-state index contributed by atoms with van der Waals surface area (Å²) in [6, 6.07) is 7.85. The van der Waals surface area contributed by atoms with Gasteiger partial charge in [0.1, 0.15) is 5.75 Å². The lowest BCUT2D eigenvalue weighted by Gasteiger charge is -2.36. The molecule has 2 atom stereocenters. The highest BCUT2D eigenvalue weighted by Gasteiger charge is 2.23. The van der Waals surface area contributed by atoms with Gasteiger partial charge in [-0.3, -0.25) is 0 Å². The van der Waals surface area contributed by atoms with Crippen LogP contribution in [0.15, 0.2) is 24.3 Å². The van der Waals surface area contributed by atoms with Gasteiger partial charge in [0.15, 0.2) is 5.11 Å². The van der Waals surface area contributed by atoms with Crippen molar-refractivity contribution in [3.63, 3.8) is 0 Å². The topological polar surface area (TPSA) is 24.5 Å². The number of nitrogens with one attached hydrogen (secondary N) is 1. The van der Waals surface area contributed by atoms with Crippen LogP contribution < -0.4 is 10.1 Å².